The van der Waals surface area contributed by atoms with Gasteiger partial charge in [0.15, 0.2) is 22.3 Å². The predicted molar refractivity (Wildman–Crippen MR) is 88.3 cm³/mol. The lowest BCUT2D eigenvalue weighted by molar-refractivity contribution is 0.102. The molecule has 6 nitrogen and oxygen atoms in total. The summed E-state index contributed by atoms with van der Waals surface area (Å²) in [6.07, 6.45) is -0.765. The number of rotatable bonds is 4. The Bertz CT molecular complexity index is 1030. The van der Waals surface area contributed by atoms with Gasteiger partial charge in [0, 0.05) is 17.3 Å². The largest absolute Gasteiger partial charge is 0.295 e. The topological polar surface area (TPSA) is 72.7 Å². The molecule has 2 aromatic heterocycles. The van der Waals surface area contributed by atoms with E-state index in [-0.39, 0.29) is 10.8 Å². The van der Waals surface area contributed by atoms with Crippen molar-refractivity contribution in [1.29, 1.82) is 0 Å². The zero-order valence-corrected chi connectivity index (χ0v) is 14.4. The van der Waals surface area contributed by atoms with Crippen molar-refractivity contribution < 1.29 is 22.4 Å². The van der Waals surface area contributed by atoms with E-state index in [2.05, 4.69) is 20.6 Å². The van der Waals surface area contributed by atoms with Gasteiger partial charge in [0.2, 0.25) is 5.13 Å². The molecule has 4 rings (SSSR count). The number of halogens is 4. The van der Waals surface area contributed by atoms with Crippen molar-refractivity contribution in [1.82, 2.24) is 20.0 Å². The summed E-state index contributed by atoms with van der Waals surface area (Å²) in [7, 11) is 0. The molecule has 3 aromatic rings. The fourth-order valence-electron chi connectivity index (χ4n) is 2.98. The summed E-state index contributed by atoms with van der Waals surface area (Å²) in [6, 6.07) is 3.36. The summed E-state index contributed by atoms with van der Waals surface area (Å²) < 4.78 is 53.4. The fourth-order valence-corrected chi connectivity index (χ4v) is 3.57. The van der Waals surface area contributed by atoms with Crippen LogP contribution in [0.1, 0.15) is 39.6 Å². The lowest BCUT2D eigenvalue weighted by atomic mass is 10.2. The number of hydrogen-bond acceptors (Lipinski definition) is 5. The van der Waals surface area contributed by atoms with Gasteiger partial charge in [0.1, 0.15) is 0 Å². The van der Waals surface area contributed by atoms with E-state index in [0.29, 0.717) is 35.4 Å². The number of amides is 1. The summed E-state index contributed by atoms with van der Waals surface area (Å²) >= 11 is 0.574. The monoisotopic (exact) mass is 397 g/mol. The second-order valence-corrected chi connectivity index (χ2v) is 6.85. The summed E-state index contributed by atoms with van der Waals surface area (Å²) in [4.78, 5) is 12.5. The number of alkyl halides is 2. The van der Waals surface area contributed by atoms with Crippen molar-refractivity contribution in [2.24, 2.45) is 0 Å². The minimum atomic E-state index is -2.77. The smallest absolute Gasteiger partial charge is 0.291 e. The highest BCUT2D eigenvalue weighted by atomic mass is 32.1. The minimum Gasteiger partial charge on any atom is -0.295 e. The Morgan fingerprint density at radius 3 is 2.70 bits per heavy atom. The van der Waals surface area contributed by atoms with Crippen LogP contribution in [-0.4, -0.2) is 25.9 Å². The van der Waals surface area contributed by atoms with Gasteiger partial charge in [0.05, 0.1) is 5.69 Å². The average molecular weight is 397 g/mol. The number of nitrogens with one attached hydrogen (secondary N) is 1. The molecular weight excluding hydrogens is 386 g/mol. The van der Waals surface area contributed by atoms with Crippen molar-refractivity contribution in [3.05, 3.63) is 51.8 Å². The van der Waals surface area contributed by atoms with Gasteiger partial charge in [-0.2, -0.15) is 5.10 Å². The Labute approximate surface area is 153 Å². The molecule has 0 spiro atoms. The van der Waals surface area contributed by atoms with Gasteiger partial charge < -0.3 is 0 Å². The molecule has 0 radical (unpaired) electrons. The number of fused-ring (bicyclic) bond motifs is 1. The first-order valence-electron chi connectivity index (χ1n) is 7.93. The number of benzene rings is 1. The van der Waals surface area contributed by atoms with Crippen LogP contribution in [0.3, 0.4) is 0 Å². The van der Waals surface area contributed by atoms with Crippen LogP contribution in [0.4, 0.5) is 22.7 Å². The van der Waals surface area contributed by atoms with E-state index < -0.39 is 29.0 Å². The Morgan fingerprint density at radius 2 is 2.00 bits per heavy atom. The molecule has 2 heterocycles. The van der Waals surface area contributed by atoms with Gasteiger partial charge in [0.25, 0.3) is 12.3 Å². The van der Waals surface area contributed by atoms with E-state index in [1.54, 1.807) is 0 Å². The predicted octanol–water partition coefficient (Wildman–Crippen LogP) is 3.68. The highest BCUT2D eigenvalue weighted by Crippen LogP contribution is 2.30. The third-order valence-electron chi connectivity index (χ3n) is 4.14. The number of nitrogens with zero attached hydrogens (tertiary/aromatic N) is 4. The Hall–Kier alpha value is -2.82. The summed E-state index contributed by atoms with van der Waals surface area (Å²) in [6.45, 7) is 0. The third-order valence-corrected chi connectivity index (χ3v) is 4.99. The van der Waals surface area contributed by atoms with Gasteiger partial charge in [-0.25, -0.2) is 22.2 Å². The zero-order chi connectivity index (χ0) is 19.1. The molecule has 0 aliphatic heterocycles. The molecule has 1 aliphatic carbocycles. The molecule has 0 bridgehead atoms. The van der Waals surface area contributed by atoms with Gasteiger partial charge >= 0.3 is 0 Å². The van der Waals surface area contributed by atoms with E-state index in [1.165, 1.54) is 10.7 Å². The molecule has 1 aromatic carbocycles. The summed E-state index contributed by atoms with van der Waals surface area (Å²) in [5.74, 6) is -2.62. The summed E-state index contributed by atoms with van der Waals surface area (Å²) in [5, 5.41) is 12.9. The van der Waals surface area contributed by atoms with Gasteiger partial charge in [-0.3, -0.25) is 10.1 Å². The number of hydrogen-bond donors (Lipinski definition) is 1. The maximum absolute atomic E-state index is 13.6. The van der Waals surface area contributed by atoms with E-state index in [9.17, 15) is 22.4 Å². The Kier molecular flexibility index (Phi) is 4.38. The van der Waals surface area contributed by atoms with Crippen molar-refractivity contribution >= 4 is 22.4 Å². The maximum Gasteiger partial charge on any atom is 0.291 e. The molecule has 1 amide bonds. The van der Waals surface area contributed by atoms with Crippen LogP contribution < -0.4 is 5.32 Å². The Balaban J connectivity index is 1.67. The first kappa shape index (κ1) is 17.6. The molecule has 0 atom stereocenters. The van der Waals surface area contributed by atoms with Crippen molar-refractivity contribution in [3.63, 3.8) is 0 Å². The van der Waals surface area contributed by atoms with E-state index in [1.807, 2.05) is 0 Å². The first-order valence-corrected chi connectivity index (χ1v) is 8.75. The van der Waals surface area contributed by atoms with Gasteiger partial charge in [-0.05, 0) is 31.4 Å². The fraction of sp³-hybridized carbons (Fsp3) is 0.250. The standard InChI is InChI=1S/C16H11F4N5OS/c17-9-5-4-7(6-10(9)18)25-11-3-1-2-8(11)12(24-25)14(26)21-16-23-22-15(27-16)13(19)20/h4-6,13H,1-3H2,(H,21,23,26). The van der Waals surface area contributed by atoms with Crippen molar-refractivity contribution in [3.8, 4) is 5.69 Å². The van der Waals surface area contributed by atoms with Gasteiger partial charge in [-0.15, -0.1) is 10.2 Å². The lowest BCUT2D eigenvalue weighted by Gasteiger charge is -2.05. The summed E-state index contributed by atoms with van der Waals surface area (Å²) in [5.41, 5.74) is 1.82. The van der Waals surface area contributed by atoms with Crippen molar-refractivity contribution in [2.75, 3.05) is 5.32 Å². The minimum absolute atomic E-state index is 0.0653. The van der Waals surface area contributed by atoms with Gasteiger partial charge in [-0.1, -0.05) is 11.3 Å². The second kappa shape index (κ2) is 6.72. The highest BCUT2D eigenvalue weighted by molar-refractivity contribution is 7.15. The molecule has 1 aliphatic rings. The lowest BCUT2D eigenvalue weighted by Crippen LogP contribution is -2.15. The first-order chi connectivity index (χ1) is 12.9. The van der Waals surface area contributed by atoms with Crippen LogP contribution in [0.25, 0.3) is 5.69 Å². The normalized spacial score (nSPS) is 13.2. The molecule has 0 unspecified atom stereocenters. The van der Waals surface area contributed by atoms with Crippen LogP contribution >= 0.6 is 11.3 Å². The SMILES string of the molecule is O=C(Nc1nnc(C(F)F)s1)c1nn(-c2ccc(F)c(F)c2)c2c1CCC2. The van der Waals surface area contributed by atoms with Crippen LogP contribution in [0, 0.1) is 11.6 Å². The van der Waals surface area contributed by atoms with Crippen LogP contribution in [0.5, 0.6) is 0 Å². The molecule has 0 saturated heterocycles. The average Bonchev–Trinajstić information content (AvgIpc) is 3.33. The third kappa shape index (κ3) is 3.18. The Morgan fingerprint density at radius 1 is 1.19 bits per heavy atom. The maximum atomic E-state index is 13.6. The molecule has 140 valence electrons. The number of anilines is 1. The number of carbonyl (C=O) groups is 1. The van der Waals surface area contributed by atoms with E-state index >= 15 is 0 Å². The second-order valence-electron chi connectivity index (χ2n) is 5.84. The highest BCUT2D eigenvalue weighted by Gasteiger charge is 2.28. The zero-order valence-electron chi connectivity index (χ0n) is 13.5. The molecule has 27 heavy (non-hydrogen) atoms. The molecular formula is C16H11F4N5OS. The molecule has 0 saturated carbocycles. The molecule has 1 N–H and O–H groups in total. The van der Waals surface area contributed by atoms with Crippen LogP contribution in [-0.2, 0) is 12.8 Å². The number of aromatic nitrogens is 4. The quantitative estimate of drug-likeness (QED) is 0.682. The molecule has 0 fully saturated rings. The van der Waals surface area contributed by atoms with E-state index in [0.717, 1.165) is 24.2 Å². The van der Waals surface area contributed by atoms with E-state index in [4.69, 9.17) is 0 Å². The number of carbonyl (C=O) groups excluding carboxylic acids is 1. The van der Waals surface area contributed by atoms with Crippen molar-refractivity contribution in [2.45, 2.75) is 25.7 Å². The molecule has 11 heteroatoms. The van der Waals surface area contributed by atoms with Crippen LogP contribution in [0.15, 0.2) is 18.2 Å². The van der Waals surface area contributed by atoms with Crippen LogP contribution in [0.2, 0.25) is 0 Å².